The van der Waals surface area contributed by atoms with E-state index in [4.69, 9.17) is 4.99 Å². The summed E-state index contributed by atoms with van der Waals surface area (Å²) < 4.78 is 0. The first-order valence-corrected chi connectivity index (χ1v) is 9.58. The van der Waals surface area contributed by atoms with E-state index < -0.39 is 0 Å². The molecule has 1 unspecified atom stereocenters. The number of benzene rings is 2. The summed E-state index contributed by atoms with van der Waals surface area (Å²) in [5, 5.41) is 0. The molecule has 0 radical (unpaired) electrons. The lowest BCUT2D eigenvalue weighted by Crippen LogP contribution is -2.52. The van der Waals surface area contributed by atoms with Gasteiger partial charge in [0.25, 0.3) is 5.91 Å². The van der Waals surface area contributed by atoms with Crippen LogP contribution in [-0.2, 0) is 11.2 Å². The molecule has 2 aromatic rings. The number of amides is 1. The molecular weight excluding hydrogens is 336 g/mol. The molecule has 140 valence electrons. The van der Waals surface area contributed by atoms with Crippen LogP contribution in [0.25, 0.3) is 0 Å². The summed E-state index contributed by atoms with van der Waals surface area (Å²) in [7, 11) is 2.13. The second-order valence-electron chi connectivity index (χ2n) is 7.43. The summed E-state index contributed by atoms with van der Waals surface area (Å²) in [4.78, 5) is 24.6. The summed E-state index contributed by atoms with van der Waals surface area (Å²) in [5.74, 6) is 0.870. The van der Waals surface area contributed by atoms with Crippen molar-refractivity contribution in [2.45, 2.75) is 19.4 Å². The Kier molecular flexibility index (Phi) is 4.94. The molecule has 4 rings (SSSR count). The van der Waals surface area contributed by atoms with Crippen LogP contribution in [0, 0.1) is 6.92 Å². The number of hydrogen-bond donors (Lipinski definition) is 0. The molecule has 2 aromatic carbocycles. The van der Waals surface area contributed by atoms with Crippen LogP contribution in [0.1, 0.15) is 11.1 Å². The molecule has 0 saturated carbocycles. The normalized spacial score (nSPS) is 20.9. The van der Waals surface area contributed by atoms with Gasteiger partial charge < -0.3 is 9.80 Å². The third-order valence-electron chi connectivity index (χ3n) is 5.33. The number of piperazine rings is 1. The van der Waals surface area contributed by atoms with E-state index in [1.54, 1.807) is 0 Å². The van der Waals surface area contributed by atoms with Gasteiger partial charge >= 0.3 is 0 Å². The Balaban J connectivity index is 1.64. The third kappa shape index (κ3) is 3.74. The lowest BCUT2D eigenvalue weighted by molar-refractivity contribution is -0.118. The number of aliphatic imine (C=N–C) groups is 1. The number of rotatable bonds is 3. The lowest BCUT2D eigenvalue weighted by Gasteiger charge is -2.36. The van der Waals surface area contributed by atoms with Crippen LogP contribution in [0.4, 0.5) is 5.69 Å². The van der Waals surface area contributed by atoms with Crippen LogP contribution in [-0.4, -0.2) is 60.9 Å². The van der Waals surface area contributed by atoms with Gasteiger partial charge in [-0.05, 0) is 31.7 Å². The van der Waals surface area contributed by atoms with Crippen molar-refractivity contribution in [2.75, 3.05) is 38.1 Å². The molecule has 0 aliphatic carbocycles. The lowest BCUT2D eigenvalue weighted by atomic mass is 10.1. The maximum atomic E-state index is 13.3. The van der Waals surface area contributed by atoms with Crippen molar-refractivity contribution < 1.29 is 4.79 Å². The van der Waals surface area contributed by atoms with Gasteiger partial charge in [-0.15, -0.1) is 0 Å². The predicted octanol–water partition coefficient (Wildman–Crippen LogP) is 2.56. The molecule has 2 heterocycles. The van der Waals surface area contributed by atoms with Crippen molar-refractivity contribution in [1.82, 2.24) is 9.80 Å². The second kappa shape index (κ2) is 7.53. The van der Waals surface area contributed by atoms with Gasteiger partial charge in [0.15, 0.2) is 0 Å². The van der Waals surface area contributed by atoms with E-state index in [1.807, 2.05) is 35.2 Å². The van der Waals surface area contributed by atoms with Crippen LogP contribution in [0.15, 0.2) is 59.6 Å². The summed E-state index contributed by atoms with van der Waals surface area (Å²) in [5.41, 5.74) is 3.23. The quantitative estimate of drug-likeness (QED) is 0.842. The van der Waals surface area contributed by atoms with Crippen LogP contribution >= 0.6 is 0 Å². The van der Waals surface area contributed by atoms with Gasteiger partial charge in [-0.3, -0.25) is 4.79 Å². The zero-order chi connectivity index (χ0) is 18.8. The summed E-state index contributed by atoms with van der Waals surface area (Å²) in [6, 6.07) is 17.9. The van der Waals surface area contributed by atoms with Crippen molar-refractivity contribution in [3.63, 3.8) is 0 Å². The number of nitrogens with zero attached hydrogens (tertiary/aromatic N) is 4. The van der Waals surface area contributed by atoms with E-state index in [-0.39, 0.29) is 11.9 Å². The maximum absolute atomic E-state index is 13.3. The molecule has 5 nitrogen and oxygen atoms in total. The fourth-order valence-electron chi connectivity index (χ4n) is 3.64. The Labute approximate surface area is 160 Å². The molecule has 1 saturated heterocycles. The topological polar surface area (TPSA) is 39.2 Å². The first-order valence-electron chi connectivity index (χ1n) is 9.58. The zero-order valence-electron chi connectivity index (χ0n) is 16.0. The van der Waals surface area contributed by atoms with E-state index >= 15 is 0 Å². The fourth-order valence-corrected chi connectivity index (χ4v) is 3.64. The average molecular weight is 362 g/mol. The van der Waals surface area contributed by atoms with E-state index in [0.717, 1.165) is 43.4 Å². The minimum absolute atomic E-state index is 0.0663. The Morgan fingerprint density at radius 3 is 2.30 bits per heavy atom. The van der Waals surface area contributed by atoms with Crippen molar-refractivity contribution in [2.24, 2.45) is 4.99 Å². The first-order chi connectivity index (χ1) is 13.1. The standard InChI is InChI=1S/C22H26N4O/c1-17-8-10-19(11-9-17)26-21(27)20(16-18-6-4-3-5-7-18)23-22(26)25-14-12-24(2)13-15-25/h3-11,20H,12-16H2,1-2H3. The molecule has 2 aliphatic rings. The molecule has 0 bridgehead atoms. The van der Waals surface area contributed by atoms with Gasteiger partial charge in [0.2, 0.25) is 5.96 Å². The predicted molar refractivity (Wildman–Crippen MR) is 109 cm³/mol. The molecule has 1 amide bonds. The minimum atomic E-state index is -0.358. The Bertz CT molecular complexity index is 823. The smallest absolute Gasteiger partial charge is 0.259 e. The molecule has 1 atom stereocenters. The minimum Gasteiger partial charge on any atom is -0.340 e. The molecule has 5 heteroatoms. The Hall–Kier alpha value is -2.66. The number of carbonyl (C=O) groups is 1. The van der Waals surface area contributed by atoms with Crippen LogP contribution in [0.5, 0.6) is 0 Å². The van der Waals surface area contributed by atoms with Gasteiger partial charge in [-0.2, -0.15) is 0 Å². The third-order valence-corrected chi connectivity index (χ3v) is 5.33. The van der Waals surface area contributed by atoms with E-state index in [2.05, 4.69) is 48.0 Å². The molecule has 0 spiro atoms. The highest BCUT2D eigenvalue weighted by Gasteiger charge is 2.38. The number of likely N-dealkylation sites (N-methyl/N-ethyl adjacent to an activating group) is 1. The highest BCUT2D eigenvalue weighted by molar-refractivity contribution is 6.22. The first kappa shape index (κ1) is 17.7. The van der Waals surface area contributed by atoms with Gasteiger partial charge in [-0.1, -0.05) is 48.0 Å². The monoisotopic (exact) mass is 362 g/mol. The van der Waals surface area contributed by atoms with Crippen molar-refractivity contribution in [1.29, 1.82) is 0 Å². The molecule has 0 aromatic heterocycles. The van der Waals surface area contributed by atoms with Crippen molar-refractivity contribution >= 4 is 17.6 Å². The molecule has 27 heavy (non-hydrogen) atoms. The van der Waals surface area contributed by atoms with Crippen molar-refractivity contribution in [3.05, 3.63) is 65.7 Å². The van der Waals surface area contributed by atoms with Crippen molar-refractivity contribution in [3.8, 4) is 0 Å². The van der Waals surface area contributed by atoms with Crippen LogP contribution < -0.4 is 4.90 Å². The number of hydrogen-bond acceptors (Lipinski definition) is 4. The Morgan fingerprint density at radius 1 is 0.963 bits per heavy atom. The molecule has 2 aliphatic heterocycles. The zero-order valence-corrected chi connectivity index (χ0v) is 16.0. The highest BCUT2D eigenvalue weighted by atomic mass is 16.2. The maximum Gasteiger partial charge on any atom is 0.259 e. The largest absolute Gasteiger partial charge is 0.340 e. The SMILES string of the molecule is Cc1ccc(N2C(=O)C(Cc3ccccc3)N=C2N2CCN(C)CC2)cc1. The molecular formula is C22H26N4O. The van der Waals surface area contributed by atoms with Crippen LogP contribution in [0.3, 0.4) is 0 Å². The average Bonchev–Trinajstić information content (AvgIpc) is 3.00. The van der Waals surface area contributed by atoms with Gasteiger partial charge in [-0.25, -0.2) is 9.89 Å². The van der Waals surface area contributed by atoms with E-state index in [0.29, 0.717) is 6.42 Å². The number of guanidine groups is 1. The van der Waals surface area contributed by atoms with E-state index in [1.165, 1.54) is 5.56 Å². The highest BCUT2D eigenvalue weighted by Crippen LogP contribution is 2.26. The van der Waals surface area contributed by atoms with Crippen LogP contribution in [0.2, 0.25) is 0 Å². The Morgan fingerprint density at radius 2 is 1.63 bits per heavy atom. The van der Waals surface area contributed by atoms with Gasteiger partial charge in [0.05, 0.1) is 5.69 Å². The molecule has 1 fully saturated rings. The number of aryl methyl sites for hydroxylation is 1. The van der Waals surface area contributed by atoms with Gasteiger partial charge in [0.1, 0.15) is 6.04 Å². The fraction of sp³-hybridized carbons (Fsp3) is 0.364. The molecule has 0 N–H and O–H groups in total. The summed E-state index contributed by atoms with van der Waals surface area (Å²) in [6.45, 7) is 5.81. The number of anilines is 1. The van der Waals surface area contributed by atoms with Gasteiger partial charge in [0, 0.05) is 32.6 Å². The van der Waals surface area contributed by atoms with E-state index in [9.17, 15) is 4.79 Å². The summed E-state index contributed by atoms with van der Waals surface area (Å²) in [6.07, 6.45) is 0.638. The number of carbonyl (C=O) groups excluding carboxylic acids is 1. The second-order valence-corrected chi connectivity index (χ2v) is 7.43. The summed E-state index contributed by atoms with van der Waals surface area (Å²) >= 11 is 0.